The lowest BCUT2D eigenvalue weighted by Crippen LogP contribution is -2.51. The minimum Gasteiger partial charge on any atom is -0.338 e. The van der Waals surface area contributed by atoms with Gasteiger partial charge in [-0.15, -0.1) is 0 Å². The number of nitrogens with zero attached hydrogens (tertiary/aromatic N) is 1. The van der Waals surface area contributed by atoms with Crippen LogP contribution >= 0.6 is 0 Å². The lowest BCUT2D eigenvalue weighted by atomic mass is 9.85. The van der Waals surface area contributed by atoms with E-state index < -0.39 is 5.54 Å². The molecule has 0 saturated heterocycles. The highest BCUT2D eigenvalue weighted by molar-refractivity contribution is 5.75. The molecule has 0 heterocycles. The molecule has 1 saturated carbocycles. The predicted octanol–water partition coefficient (Wildman–Crippen LogP) is 2.31. The largest absolute Gasteiger partial charge is 0.338 e. The van der Waals surface area contributed by atoms with Crippen LogP contribution in [0.2, 0.25) is 0 Å². The van der Waals surface area contributed by atoms with Crippen LogP contribution in [-0.2, 0) is 0 Å². The molecule has 1 fully saturated rings. The van der Waals surface area contributed by atoms with Gasteiger partial charge in [0.1, 0.15) is 5.54 Å². The first kappa shape index (κ1) is 12.8. The summed E-state index contributed by atoms with van der Waals surface area (Å²) < 4.78 is 0. The number of hydrogen-bond acceptors (Lipinski definition) is 2. The summed E-state index contributed by atoms with van der Waals surface area (Å²) in [6.45, 7) is 2.46. The Morgan fingerprint density at radius 3 is 2.31 bits per heavy atom. The van der Waals surface area contributed by atoms with Crippen LogP contribution in [0.25, 0.3) is 0 Å². The molecule has 4 heteroatoms. The zero-order chi connectivity index (χ0) is 11.9. The van der Waals surface area contributed by atoms with Gasteiger partial charge >= 0.3 is 6.03 Å². The van der Waals surface area contributed by atoms with Crippen molar-refractivity contribution in [2.24, 2.45) is 0 Å². The highest BCUT2D eigenvalue weighted by Gasteiger charge is 2.31. The lowest BCUT2D eigenvalue weighted by Gasteiger charge is -2.29. The zero-order valence-corrected chi connectivity index (χ0v) is 10.0. The van der Waals surface area contributed by atoms with Crippen molar-refractivity contribution in [3.05, 3.63) is 0 Å². The standard InChI is InChI=1S/C12H21N3O/c1-2-14-11(16)15-12(10-13)8-6-4-3-5-7-9-12/h2-9H2,1H3,(H2,14,15,16). The van der Waals surface area contributed by atoms with Crippen LogP contribution in [0.4, 0.5) is 4.79 Å². The molecule has 0 unspecified atom stereocenters. The topological polar surface area (TPSA) is 64.9 Å². The summed E-state index contributed by atoms with van der Waals surface area (Å²) in [6, 6.07) is 2.08. The summed E-state index contributed by atoms with van der Waals surface area (Å²) in [5.74, 6) is 0. The minimum atomic E-state index is -0.639. The Kier molecular flexibility index (Phi) is 5.10. The molecule has 0 radical (unpaired) electrons. The molecule has 1 aliphatic carbocycles. The number of urea groups is 1. The third-order valence-electron chi connectivity index (χ3n) is 3.11. The Hall–Kier alpha value is -1.24. The summed E-state index contributed by atoms with van der Waals surface area (Å²) in [5, 5.41) is 14.8. The van der Waals surface area contributed by atoms with Gasteiger partial charge in [-0.1, -0.05) is 32.1 Å². The van der Waals surface area contributed by atoms with Gasteiger partial charge in [0.15, 0.2) is 0 Å². The zero-order valence-electron chi connectivity index (χ0n) is 10.0. The van der Waals surface area contributed by atoms with E-state index in [2.05, 4.69) is 16.7 Å². The first-order chi connectivity index (χ1) is 7.72. The van der Waals surface area contributed by atoms with Gasteiger partial charge in [0.25, 0.3) is 0 Å². The van der Waals surface area contributed by atoms with Crippen molar-refractivity contribution < 1.29 is 4.79 Å². The second kappa shape index (κ2) is 6.37. The van der Waals surface area contributed by atoms with Crippen LogP contribution in [0.1, 0.15) is 51.9 Å². The van der Waals surface area contributed by atoms with Crippen LogP contribution in [0.5, 0.6) is 0 Å². The van der Waals surface area contributed by atoms with E-state index in [1.165, 1.54) is 19.3 Å². The van der Waals surface area contributed by atoms with Gasteiger partial charge < -0.3 is 10.6 Å². The highest BCUT2D eigenvalue weighted by Crippen LogP contribution is 2.25. The first-order valence-corrected chi connectivity index (χ1v) is 6.20. The maximum absolute atomic E-state index is 11.5. The second-order valence-corrected chi connectivity index (χ2v) is 4.45. The second-order valence-electron chi connectivity index (χ2n) is 4.45. The van der Waals surface area contributed by atoms with Gasteiger partial charge in [0.2, 0.25) is 0 Å². The Balaban J connectivity index is 2.59. The molecule has 0 bridgehead atoms. The molecular formula is C12H21N3O. The third kappa shape index (κ3) is 3.73. The van der Waals surface area contributed by atoms with E-state index in [0.29, 0.717) is 6.54 Å². The van der Waals surface area contributed by atoms with Crippen LogP contribution in [0.15, 0.2) is 0 Å². The fourth-order valence-corrected chi connectivity index (χ4v) is 2.20. The molecule has 0 aromatic heterocycles. The average molecular weight is 223 g/mol. The van der Waals surface area contributed by atoms with E-state index in [1.807, 2.05) is 6.92 Å². The number of carbonyl (C=O) groups excluding carboxylic acids is 1. The van der Waals surface area contributed by atoms with E-state index in [-0.39, 0.29) is 6.03 Å². The van der Waals surface area contributed by atoms with Crippen molar-refractivity contribution in [3.63, 3.8) is 0 Å². The van der Waals surface area contributed by atoms with E-state index in [9.17, 15) is 10.1 Å². The van der Waals surface area contributed by atoms with Crippen LogP contribution in [-0.4, -0.2) is 18.1 Å². The van der Waals surface area contributed by atoms with Gasteiger partial charge in [-0.3, -0.25) is 0 Å². The third-order valence-corrected chi connectivity index (χ3v) is 3.11. The molecule has 0 atom stereocenters. The number of hydrogen-bond donors (Lipinski definition) is 2. The van der Waals surface area contributed by atoms with Gasteiger partial charge in [-0.25, -0.2) is 4.79 Å². The summed E-state index contributed by atoms with van der Waals surface area (Å²) in [4.78, 5) is 11.5. The fraction of sp³-hybridized carbons (Fsp3) is 0.833. The van der Waals surface area contributed by atoms with E-state index in [4.69, 9.17) is 0 Å². The molecule has 2 amide bonds. The van der Waals surface area contributed by atoms with Crippen molar-refractivity contribution >= 4 is 6.03 Å². The quantitative estimate of drug-likeness (QED) is 0.754. The Labute approximate surface area is 97.4 Å². The monoisotopic (exact) mass is 223 g/mol. The highest BCUT2D eigenvalue weighted by atomic mass is 16.2. The molecule has 16 heavy (non-hydrogen) atoms. The van der Waals surface area contributed by atoms with Crippen molar-refractivity contribution in [1.29, 1.82) is 5.26 Å². The normalized spacial score (nSPS) is 20.0. The SMILES string of the molecule is CCNC(=O)NC1(C#N)CCCCCCC1. The Bertz CT molecular complexity index is 262. The predicted molar refractivity (Wildman–Crippen MR) is 62.9 cm³/mol. The van der Waals surface area contributed by atoms with E-state index in [0.717, 1.165) is 25.7 Å². The van der Waals surface area contributed by atoms with Crippen molar-refractivity contribution in [3.8, 4) is 6.07 Å². The number of nitrogens with one attached hydrogen (secondary N) is 2. The van der Waals surface area contributed by atoms with Crippen molar-refractivity contribution in [1.82, 2.24) is 10.6 Å². The first-order valence-electron chi connectivity index (χ1n) is 6.20. The number of amides is 2. The average Bonchev–Trinajstić information content (AvgIpc) is 2.23. The minimum absolute atomic E-state index is 0.218. The van der Waals surface area contributed by atoms with Gasteiger partial charge in [-0.2, -0.15) is 5.26 Å². The molecule has 1 aliphatic rings. The molecule has 0 spiro atoms. The summed E-state index contributed by atoms with van der Waals surface area (Å²) >= 11 is 0. The summed E-state index contributed by atoms with van der Waals surface area (Å²) in [7, 11) is 0. The van der Waals surface area contributed by atoms with Crippen LogP contribution < -0.4 is 10.6 Å². The van der Waals surface area contributed by atoms with Gasteiger partial charge in [-0.05, 0) is 19.8 Å². The Morgan fingerprint density at radius 1 is 1.25 bits per heavy atom. The molecule has 0 aromatic rings. The lowest BCUT2D eigenvalue weighted by molar-refractivity contribution is 0.225. The number of carbonyl (C=O) groups is 1. The maximum atomic E-state index is 11.5. The molecular weight excluding hydrogens is 202 g/mol. The van der Waals surface area contributed by atoms with Crippen molar-refractivity contribution in [2.45, 2.75) is 57.4 Å². The summed E-state index contributed by atoms with van der Waals surface area (Å²) in [6.07, 6.45) is 7.20. The molecule has 4 nitrogen and oxygen atoms in total. The van der Waals surface area contributed by atoms with Crippen molar-refractivity contribution in [2.75, 3.05) is 6.54 Å². The van der Waals surface area contributed by atoms with Gasteiger partial charge in [0, 0.05) is 6.54 Å². The fourth-order valence-electron chi connectivity index (χ4n) is 2.20. The smallest absolute Gasteiger partial charge is 0.316 e. The van der Waals surface area contributed by atoms with Crippen LogP contribution in [0, 0.1) is 11.3 Å². The molecule has 1 rings (SSSR count). The molecule has 2 N–H and O–H groups in total. The summed E-state index contributed by atoms with van der Waals surface area (Å²) in [5.41, 5.74) is -0.639. The molecule has 90 valence electrons. The maximum Gasteiger partial charge on any atom is 0.316 e. The molecule has 0 aromatic carbocycles. The number of rotatable bonds is 2. The molecule has 0 aliphatic heterocycles. The Morgan fingerprint density at radius 2 is 1.81 bits per heavy atom. The van der Waals surface area contributed by atoms with Crippen LogP contribution in [0.3, 0.4) is 0 Å². The van der Waals surface area contributed by atoms with E-state index >= 15 is 0 Å². The number of nitriles is 1. The van der Waals surface area contributed by atoms with Gasteiger partial charge in [0.05, 0.1) is 6.07 Å². The van der Waals surface area contributed by atoms with E-state index in [1.54, 1.807) is 0 Å².